The summed E-state index contributed by atoms with van der Waals surface area (Å²) in [5.41, 5.74) is 3.86. The van der Waals surface area contributed by atoms with E-state index in [1.807, 2.05) is 42.5 Å². The van der Waals surface area contributed by atoms with Crippen molar-refractivity contribution >= 4 is 10.1 Å². The van der Waals surface area contributed by atoms with Crippen molar-refractivity contribution in [3.8, 4) is 51.0 Å². The summed E-state index contributed by atoms with van der Waals surface area (Å²) in [4.78, 5) is 0. The van der Waals surface area contributed by atoms with E-state index >= 15 is 0 Å². The highest BCUT2D eigenvalue weighted by atomic mass is 32.2. The summed E-state index contributed by atoms with van der Waals surface area (Å²) >= 11 is 0. The summed E-state index contributed by atoms with van der Waals surface area (Å²) in [6, 6.07) is 25.0. The van der Waals surface area contributed by atoms with E-state index in [4.69, 9.17) is 18.4 Å². The first-order chi connectivity index (χ1) is 17.3. The first-order valence-electron chi connectivity index (χ1n) is 11.0. The van der Waals surface area contributed by atoms with Crippen LogP contribution in [0.4, 0.5) is 0 Å². The fourth-order valence-electron chi connectivity index (χ4n) is 3.75. The van der Waals surface area contributed by atoms with Crippen molar-refractivity contribution in [1.82, 2.24) is 0 Å². The van der Waals surface area contributed by atoms with Crippen LogP contribution < -0.4 is 18.4 Å². The molecule has 0 aromatic heterocycles. The van der Waals surface area contributed by atoms with Crippen LogP contribution in [0.15, 0.2) is 84.9 Å². The smallest absolute Gasteiger partial charge is 0.306 e. The van der Waals surface area contributed by atoms with Crippen molar-refractivity contribution in [1.29, 1.82) is 0 Å². The van der Waals surface area contributed by atoms with E-state index in [1.165, 1.54) is 0 Å². The van der Waals surface area contributed by atoms with E-state index in [9.17, 15) is 13.5 Å². The minimum absolute atomic E-state index is 0.0644. The van der Waals surface area contributed by atoms with Crippen LogP contribution in [0.1, 0.15) is 5.56 Å². The van der Waals surface area contributed by atoms with Gasteiger partial charge >= 0.3 is 10.1 Å². The summed E-state index contributed by atoms with van der Waals surface area (Å²) in [6.07, 6.45) is 0.983. The van der Waals surface area contributed by atoms with Crippen LogP contribution in [0.5, 0.6) is 28.7 Å². The van der Waals surface area contributed by atoms with Gasteiger partial charge in [0, 0.05) is 11.1 Å². The quantitative estimate of drug-likeness (QED) is 0.293. The Bertz CT molecular complexity index is 1450. The number of hydrogen-bond acceptors (Lipinski definition) is 7. The van der Waals surface area contributed by atoms with Crippen molar-refractivity contribution in [2.75, 3.05) is 20.5 Å². The normalized spacial score (nSPS) is 11.1. The van der Waals surface area contributed by atoms with Gasteiger partial charge < -0.3 is 23.5 Å². The van der Waals surface area contributed by atoms with Crippen LogP contribution >= 0.6 is 0 Å². The Kier molecular flexibility index (Phi) is 7.36. The van der Waals surface area contributed by atoms with Gasteiger partial charge in [-0.3, -0.25) is 0 Å². The Labute approximate surface area is 210 Å². The SMILES string of the molecule is COc1cc(-c2ccc(OCc3ccccc3)c(OS(C)(=O)=O)c2)c(OC)cc1-c1ccc(O)cc1. The van der Waals surface area contributed by atoms with Crippen LogP contribution in [0, 0.1) is 0 Å². The van der Waals surface area contributed by atoms with Crippen molar-refractivity contribution < 1.29 is 31.9 Å². The van der Waals surface area contributed by atoms with Crippen LogP contribution in [0.2, 0.25) is 0 Å². The molecule has 0 aliphatic heterocycles. The third-order valence-electron chi connectivity index (χ3n) is 5.43. The van der Waals surface area contributed by atoms with E-state index in [1.54, 1.807) is 56.7 Å². The highest BCUT2D eigenvalue weighted by molar-refractivity contribution is 7.86. The van der Waals surface area contributed by atoms with Crippen LogP contribution in [0.3, 0.4) is 0 Å². The molecule has 7 nitrogen and oxygen atoms in total. The number of ether oxygens (including phenoxy) is 3. The third kappa shape index (κ3) is 5.90. The largest absolute Gasteiger partial charge is 0.508 e. The van der Waals surface area contributed by atoms with Crippen molar-refractivity contribution in [3.05, 3.63) is 90.5 Å². The fraction of sp³-hybridized carbons (Fsp3) is 0.143. The highest BCUT2D eigenvalue weighted by Crippen LogP contribution is 2.43. The second kappa shape index (κ2) is 10.6. The van der Waals surface area contributed by atoms with Gasteiger partial charge in [0.05, 0.1) is 20.5 Å². The van der Waals surface area contributed by atoms with Gasteiger partial charge in [-0.15, -0.1) is 0 Å². The molecule has 0 aliphatic carbocycles. The molecule has 186 valence electrons. The van der Waals surface area contributed by atoms with Gasteiger partial charge in [0.15, 0.2) is 11.5 Å². The molecule has 0 bridgehead atoms. The van der Waals surface area contributed by atoms with Gasteiger partial charge in [0.1, 0.15) is 23.9 Å². The average Bonchev–Trinajstić information content (AvgIpc) is 2.87. The Morgan fingerprint density at radius 1 is 0.694 bits per heavy atom. The van der Waals surface area contributed by atoms with Gasteiger partial charge in [-0.05, 0) is 53.1 Å². The first kappa shape index (κ1) is 24.9. The predicted octanol–water partition coefficient (Wildman–Crippen LogP) is 5.66. The summed E-state index contributed by atoms with van der Waals surface area (Å²) in [6.45, 7) is 0.249. The molecule has 4 aromatic rings. The molecule has 0 saturated heterocycles. The van der Waals surface area contributed by atoms with E-state index in [2.05, 4.69) is 0 Å². The summed E-state index contributed by atoms with van der Waals surface area (Å²) in [5, 5.41) is 9.63. The maximum absolute atomic E-state index is 12.0. The zero-order valence-electron chi connectivity index (χ0n) is 20.1. The van der Waals surface area contributed by atoms with E-state index < -0.39 is 10.1 Å². The van der Waals surface area contributed by atoms with E-state index in [0.29, 0.717) is 28.4 Å². The number of methoxy groups -OCH3 is 2. The maximum Gasteiger partial charge on any atom is 0.306 e. The molecule has 36 heavy (non-hydrogen) atoms. The molecule has 0 spiro atoms. The highest BCUT2D eigenvalue weighted by Gasteiger charge is 2.18. The lowest BCUT2D eigenvalue weighted by atomic mass is 9.97. The number of aromatic hydroxyl groups is 1. The molecule has 1 N–H and O–H groups in total. The van der Waals surface area contributed by atoms with Crippen molar-refractivity contribution in [2.24, 2.45) is 0 Å². The fourth-order valence-corrected chi connectivity index (χ4v) is 4.20. The number of hydrogen-bond donors (Lipinski definition) is 1. The lowest BCUT2D eigenvalue weighted by molar-refractivity contribution is 0.296. The lowest BCUT2D eigenvalue weighted by Gasteiger charge is -2.17. The molecular weight excluding hydrogens is 480 g/mol. The van der Waals surface area contributed by atoms with Crippen LogP contribution in [0.25, 0.3) is 22.3 Å². The molecule has 0 aliphatic rings. The molecule has 0 saturated carbocycles. The number of phenolic OH excluding ortho intramolecular Hbond substituents is 1. The lowest BCUT2D eigenvalue weighted by Crippen LogP contribution is -2.08. The van der Waals surface area contributed by atoms with E-state index in [0.717, 1.165) is 22.9 Å². The maximum atomic E-state index is 12.0. The molecule has 4 aromatic carbocycles. The molecule has 0 atom stereocenters. The third-order valence-corrected chi connectivity index (χ3v) is 5.92. The van der Waals surface area contributed by atoms with Gasteiger partial charge in [-0.2, -0.15) is 8.42 Å². The minimum Gasteiger partial charge on any atom is -0.508 e. The van der Waals surface area contributed by atoms with E-state index in [-0.39, 0.29) is 18.1 Å². The zero-order valence-corrected chi connectivity index (χ0v) is 20.9. The molecule has 8 heteroatoms. The molecule has 4 rings (SSSR count). The minimum atomic E-state index is -3.81. The van der Waals surface area contributed by atoms with Gasteiger partial charge in [-0.25, -0.2) is 0 Å². The second-order valence-electron chi connectivity index (χ2n) is 8.02. The number of phenols is 1. The average molecular weight is 507 g/mol. The van der Waals surface area contributed by atoms with Crippen LogP contribution in [-0.4, -0.2) is 34.0 Å². The summed E-state index contributed by atoms with van der Waals surface area (Å²) in [5.74, 6) is 1.64. The molecule has 0 radical (unpaired) electrons. The number of rotatable bonds is 9. The van der Waals surface area contributed by atoms with Gasteiger partial charge in [0.2, 0.25) is 0 Å². The van der Waals surface area contributed by atoms with Crippen LogP contribution in [-0.2, 0) is 16.7 Å². The summed E-state index contributed by atoms with van der Waals surface area (Å²) in [7, 11) is -0.696. The number of benzene rings is 4. The Morgan fingerprint density at radius 2 is 1.28 bits per heavy atom. The van der Waals surface area contributed by atoms with Gasteiger partial charge in [0.25, 0.3) is 0 Å². The first-order valence-corrected chi connectivity index (χ1v) is 12.8. The Balaban J connectivity index is 1.76. The second-order valence-corrected chi connectivity index (χ2v) is 9.60. The Morgan fingerprint density at radius 3 is 1.86 bits per heavy atom. The molecule has 0 fully saturated rings. The zero-order chi connectivity index (χ0) is 25.7. The predicted molar refractivity (Wildman–Crippen MR) is 138 cm³/mol. The monoisotopic (exact) mass is 506 g/mol. The Hall–Kier alpha value is -4.17. The standard InChI is InChI=1S/C28H26O7S/c1-32-26-17-24(27(33-2)16-23(26)20-9-12-22(29)13-10-20)21-11-14-25(28(15-21)35-36(3,30)31)34-18-19-7-5-4-6-8-19/h4-17,29H,18H2,1-3H3. The molecule has 0 unspecified atom stereocenters. The summed E-state index contributed by atoms with van der Waals surface area (Å²) < 4.78 is 46.4. The topological polar surface area (TPSA) is 91.3 Å². The van der Waals surface area contributed by atoms with Crippen molar-refractivity contribution in [3.63, 3.8) is 0 Å². The molecular formula is C28H26O7S. The van der Waals surface area contributed by atoms with Gasteiger partial charge in [-0.1, -0.05) is 48.5 Å². The van der Waals surface area contributed by atoms with Crippen molar-refractivity contribution in [2.45, 2.75) is 6.61 Å². The molecule has 0 amide bonds. The molecule has 0 heterocycles.